The molecule has 2 aliphatic heterocycles. The van der Waals surface area contributed by atoms with Crippen molar-refractivity contribution in [1.29, 1.82) is 0 Å². The van der Waals surface area contributed by atoms with Gasteiger partial charge in [0.05, 0.1) is 6.26 Å². The Hall–Kier alpha value is -1.80. The van der Waals surface area contributed by atoms with Crippen molar-refractivity contribution in [3.8, 4) is 11.5 Å². The first-order valence-electron chi connectivity index (χ1n) is 7.98. The van der Waals surface area contributed by atoms with Gasteiger partial charge in [0.1, 0.15) is 13.2 Å². The summed E-state index contributed by atoms with van der Waals surface area (Å²) in [6, 6.07) is 5.16. The van der Waals surface area contributed by atoms with Crippen molar-refractivity contribution in [2.75, 3.05) is 39.6 Å². The molecule has 0 unspecified atom stereocenters. The molecule has 132 valence electrons. The number of hydrogen-bond donors (Lipinski definition) is 0. The van der Waals surface area contributed by atoms with Gasteiger partial charge in [0.15, 0.2) is 11.5 Å². The van der Waals surface area contributed by atoms with Crippen LogP contribution in [0.5, 0.6) is 11.5 Å². The van der Waals surface area contributed by atoms with E-state index in [1.165, 1.54) is 10.6 Å². The number of fused-ring (bicyclic) bond motifs is 1. The molecule has 1 aromatic rings. The molecule has 7 nitrogen and oxygen atoms in total. The number of piperidine rings is 1. The van der Waals surface area contributed by atoms with Crippen LogP contribution in [-0.2, 0) is 10.0 Å². The number of rotatable bonds is 3. The third-order valence-electron chi connectivity index (χ3n) is 4.58. The summed E-state index contributed by atoms with van der Waals surface area (Å²) in [5, 5.41) is 0. The molecule has 3 rings (SSSR count). The molecule has 2 aliphatic rings. The smallest absolute Gasteiger partial charge is 0.253 e. The number of ether oxygens (including phenoxy) is 2. The maximum Gasteiger partial charge on any atom is 0.253 e. The second kappa shape index (κ2) is 6.60. The van der Waals surface area contributed by atoms with Gasteiger partial charge in [-0.1, -0.05) is 0 Å². The van der Waals surface area contributed by atoms with E-state index in [0.29, 0.717) is 56.2 Å². The van der Waals surface area contributed by atoms with Crippen molar-refractivity contribution in [2.24, 2.45) is 0 Å². The van der Waals surface area contributed by atoms with Crippen molar-refractivity contribution in [1.82, 2.24) is 9.21 Å². The molecule has 0 saturated carbocycles. The highest BCUT2D eigenvalue weighted by Crippen LogP contribution is 2.31. The fourth-order valence-electron chi connectivity index (χ4n) is 3.06. The maximum atomic E-state index is 12.7. The number of hydrogen-bond acceptors (Lipinski definition) is 5. The van der Waals surface area contributed by atoms with Crippen LogP contribution in [0.15, 0.2) is 18.2 Å². The van der Waals surface area contributed by atoms with Crippen LogP contribution in [0, 0.1) is 0 Å². The number of amides is 1. The third-order valence-corrected chi connectivity index (χ3v) is 5.92. The van der Waals surface area contributed by atoms with Gasteiger partial charge in [-0.25, -0.2) is 12.7 Å². The van der Waals surface area contributed by atoms with E-state index in [1.54, 1.807) is 30.1 Å². The van der Waals surface area contributed by atoms with Crippen LogP contribution in [-0.4, -0.2) is 69.2 Å². The van der Waals surface area contributed by atoms with E-state index in [9.17, 15) is 13.2 Å². The van der Waals surface area contributed by atoms with Gasteiger partial charge in [0, 0.05) is 31.7 Å². The van der Waals surface area contributed by atoms with E-state index in [2.05, 4.69) is 0 Å². The number of likely N-dealkylation sites (tertiary alicyclic amines) is 1. The van der Waals surface area contributed by atoms with Crippen molar-refractivity contribution >= 4 is 15.9 Å². The SMILES string of the molecule is CN(C1CCN(C(=O)c2ccc3c(c2)OCCO3)CC1)S(C)(=O)=O. The Morgan fingerprint density at radius 3 is 2.42 bits per heavy atom. The molecule has 1 amide bonds. The minimum atomic E-state index is -3.20. The molecule has 0 aliphatic carbocycles. The Morgan fingerprint density at radius 1 is 1.17 bits per heavy atom. The number of carbonyl (C=O) groups is 1. The summed E-state index contributed by atoms with van der Waals surface area (Å²) >= 11 is 0. The van der Waals surface area contributed by atoms with E-state index < -0.39 is 10.0 Å². The lowest BCUT2D eigenvalue weighted by molar-refractivity contribution is 0.0685. The molecule has 0 bridgehead atoms. The molecular formula is C16H22N2O5S. The summed E-state index contributed by atoms with van der Waals surface area (Å²) in [5.74, 6) is 1.19. The largest absolute Gasteiger partial charge is 0.486 e. The van der Waals surface area contributed by atoms with Crippen molar-refractivity contribution in [2.45, 2.75) is 18.9 Å². The van der Waals surface area contributed by atoms with Gasteiger partial charge in [-0.2, -0.15) is 0 Å². The second-order valence-corrected chi connectivity index (χ2v) is 8.20. The standard InChI is InChI=1S/C16H22N2O5S/c1-17(24(2,20)21)13-5-7-18(8-6-13)16(19)12-3-4-14-15(11-12)23-10-9-22-14/h3-4,11,13H,5-10H2,1-2H3. The van der Waals surface area contributed by atoms with Crippen LogP contribution in [0.1, 0.15) is 23.2 Å². The Balaban J connectivity index is 1.65. The Kier molecular flexibility index (Phi) is 4.69. The van der Waals surface area contributed by atoms with E-state index in [4.69, 9.17) is 9.47 Å². The van der Waals surface area contributed by atoms with Gasteiger partial charge in [-0.15, -0.1) is 0 Å². The Labute approximate surface area is 142 Å². The molecule has 0 radical (unpaired) electrons. The summed E-state index contributed by atoms with van der Waals surface area (Å²) < 4.78 is 35.6. The minimum Gasteiger partial charge on any atom is -0.486 e. The maximum absolute atomic E-state index is 12.7. The zero-order valence-corrected chi connectivity index (χ0v) is 14.7. The predicted molar refractivity (Wildman–Crippen MR) is 89.0 cm³/mol. The molecule has 1 aromatic carbocycles. The van der Waals surface area contributed by atoms with Crippen molar-refractivity contribution in [3.05, 3.63) is 23.8 Å². The molecule has 1 fully saturated rings. The topological polar surface area (TPSA) is 76.2 Å². The molecule has 0 aromatic heterocycles. The predicted octanol–water partition coefficient (Wildman–Crippen LogP) is 0.954. The van der Waals surface area contributed by atoms with Crippen LogP contribution in [0.4, 0.5) is 0 Å². The quantitative estimate of drug-likeness (QED) is 0.808. The zero-order chi connectivity index (χ0) is 17.3. The third kappa shape index (κ3) is 3.49. The molecular weight excluding hydrogens is 332 g/mol. The summed E-state index contributed by atoms with van der Waals surface area (Å²) in [5.41, 5.74) is 0.564. The van der Waals surface area contributed by atoms with E-state index in [-0.39, 0.29) is 11.9 Å². The minimum absolute atomic E-state index is 0.0516. The van der Waals surface area contributed by atoms with E-state index >= 15 is 0 Å². The molecule has 0 spiro atoms. The first-order valence-corrected chi connectivity index (χ1v) is 9.83. The number of sulfonamides is 1. The fraction of sp³-hybridized carbons (Fsp3) is 0.562. The lowest BCUT2D eigenvalue weighted by Crippen LogP contribution is -2.47. The van der Waals surface area contributed by atoms with Crippen molar-refractivity contribution in [3.63, 3.8) is 0 Å². The monoisotopic (exact) mass is 354 g/mol. The molecule has 2 heterocycles. The van der Waals surface area contributed by atoms with E-state index in [1.807, 2.05) is 0 Å². The Bertz CT molecular complexity index is 726. The fourth-order valence-corrected chi connectivity index (χ4v) is 3.81. The second-order valence-electron chi connectivity index (χ2n) is 6.16. The van der Waals surface area contributed by atoms with Crippen LogP contribution in [0.25, 0.3) is 0 Å². The molecule has 1 saturated heterocycles. The highest BCUT2D eigenvalue weighted by atomic mass is 32.2. The van der Waals surface area contributed by atoms with Crippen LogP contribution >= 0.6 is 0 Å². The van der Waals surface area contributed by atoms with Gasteiger partial charge in [-0.3, -0.25) is 4.79 Å². The van der Waals surface area contributed by atoms with Gasteiger partial charge in [0.25, 0.3) is 5.91 Å². The first kappa shape index (κ1) is 17.0. The summed E-state index contributed by atoms with van der Waals surface area (Å²) in [6.45, 7) is 2.07. The summed E-state index contributed by atoms with van der Waals surface area (Å²) in [7, 11) is -1.61. The summed E-state index contributed by atoms with van der Waals surface area (Å²) in [4.78, 5) is 14.4. The van der Waals surface area contributed by atoms with Gasteiger partial charge in [-0.05, 0) is 31.0 Å². The van der Waals surface area contributed by atoms with Crippen LogP contribution < -0.4 is 9.47 Å². The number of carbonyl (C=O) groups excluding carboxylic acids is 1. The van der Waals surface area contributed by atoms with E-state index in [0.717, 1.165) is 0 Å². The lowest BCUT2D eigenvalue weighted by Gasteiger charge is -2.35. The molecule has 0 atom stereocenters. The van der Waals surface area contributed by atoms with Crippen molar-refractivity contribution < 1.29 is 22.7 Å². The lowest BCUT2D eigenvalue weighted by atomic mass is 10.0. The average Bonchev–Trinajstić information content (AvgIpc) is 2.59. The number of benzene rings is 1. The molecule has 8 heteroatoms. The molecule has 24 heavy (non-hydrogen) atoms. The van der Waals surface area contributed by atoms with Gasteiger partial charge in [0.2, 0.25) is 10.0 Å². The summed E-state index contributed by atoms with van der Waals surface area (Å²) in [6.07, 6.45) is 2.49. The van der Waals surface area contributed by atoms with Crippen LogP contribution in [0.3, 0.4) is 0 Å². The highest BCUT2D eigenvalue weighted by molar-refractivity contribution is 7.88. The molecule has 0 N–H and O–H groups in total. The number of nitrogens with zero attached hydrogens (tertiary/aromatic N) is 2. The van der Waals surface area contributed by atoms with Gasteiger partial charge >= 0.3 is 0 Å². The average molecular weight is 354 g/mol. The Morgan fingerprint density at radius 2 is 1.79 bits per heavy atom. The van der Waals surface area contributed by atoms with Crippen LogP contribution in [0.2, 0.25) is 0 Å². The van der Waals surface area contributed by atoms with Gasteiger partial charge < -0.3 is 14.4 Å². The zero-order valence-electron chi connectivity index (χ0n) is 13.9. The highest BCUT2D eigenvalue weighted by Gasteiger charge is 2.29. The normalized spacial score (nSPS) is 18.7. The first-order chi connectivity index (χ1) is 11.4.